The molecule has 170 valence electrons. The number of amides is 1. The van der Waals surface area contributed by atoms with Crippen molar-refractivity contribution in [2.24, 2.45) is 0 Å². The number of benzene rings is 1. The highest BCUT2D eigenvalue weighted by Crippen LogP contribution is 2.25. The first-order valence-corrected chi connectivity index (χ1v) is 10.5. The highest BCUT2D eigenvalue weighted by Gasteiger charge is 2.20. The van der Waals surface area contributed by atoms with Gasteiger partial charge in [0.1, 0.15) is 29.6 Å². The van der Waals surface area contributed by atoms with E-state index in [1.165, 1.54) is 23.5 Å². The lowest BCUT2D eigenvalue weighted by Crippen LogP contribution is -2.20. The van der Waals surface area contributed by atoms with Crippen molar-refractivity contribution in [2.45, 2.75) is 19.5 Å². The molecular formula is C23H20N8O3. The number of aliphatic hydroxyl groups is 1. The van der Waals surface area contributed by atoms with Crippen LogP contribution in [-0.2, 0) is 11.3 Å². The maximum absolute atomic E-state index is 13.3. The molecule has 2 N–H and O–H groups in total. The van der Waals surface area contributed by atoms with E-state index in [0.717, 1.165) is 0 Å². The molecule has 0 aliphatic rings. The number of fused-ring (bicyclic) bond motifs is 2. The summed E-state index contributed by atoms with van der Waals surface area (Å²) < 4.78 is 1.74. The standard InChI is InChI=1S/C23H20N8O3/c1-14(12-32)30-10-18(17-9-25-13-26-23(17)30)22(34)15-6-16(8-24-7-15)27-21(33)11-31-28-19-4-2-3-5-20(19)29-31/h2-10,13-14,32H,11-12H2,1H3,(H,27,33)/t14-/m0/s1. The first-order chi connectivity index (χ1) is 16.5. The number of pyridine rings is 1. The van der Waals surface area contributed by atoms with Crippen LogP contribution in [0.15, 0.2) is 61.4 Å². The summed E-state index contributed by atoms with van der Waals surface area (Å²) in [5.41, 5.74) is 2.99. The molecule has 11 nitrogen and oxygen atoms in total. The lowest BCUT2D eigenvalue weighted by atomic mass is 10.1. The molecule has 1 atom stereocenters. The highest BCUT2D eigenvalue weighted by atomic mass is 16.3. The Balaban J connectivity index is 1.37. The first-order valence-electron chi connectivity index (χ1n) is 10.5. The van der Waals surface area contributed by atoms with Crippen molar-refractivity contribution in [1.29, 1.82) is 0 Å². The summed E-state index contributed by atoms with van der Waals surface area (Å²) in [5.74, 6) is -0.652. The Kier molecular flexibility index (Phi) is 5.52. The summed E-state index contributed by atoms with van der Waals surface area (Å²) in [5, 5.41) is 21.4. The predicted octanol–water partition coefficient (Wildman–Crippen LogP) is 1.99. The zero-order chi connectivity index (χ0) is 23.7. The van der Waals surface area contributed by atoms with Crippen molar-refractivity contribution < 1.29 is 14.7 Å². The van der Waals surface area contributed by atoms with Crippen molar-refractivity contribution in [3.63, 3.8) is 0 Å². The van der Waals surface area contributed by atoms with Gasteiger partial charge in [0.25, 0.3) is 0 Å². The molecule has 0 saturated heterocycles. The Bertz CT molecular complexity index is 1490. The fraction of sp³-hybridized carbons (Fsp3) is 0.174. The van der Waals surface area contributed by atoms with Gasteiger partial charge in [-0.05, 0) is 25.1 Å². The van der Waals surface area contributed by atoms with Gasteiger partial charge in [-0.15, -0.1) is 0 Å². The minimum atomic E-state index is -0.353. The van der Waals surface area contributed by atoms with E-state index >= 15 is 0 Å². The topological polar surface area (TPSA) is 141 Å². The van der Waals surface area contributed by atoms with Gasteiger partial charge in [-0.3, -0.25) is 14.6 Å². The molecule has 34 heavy (non-hydrogen) atoms. The smallest absolute Gasteiger partial charge is 0.248 e. The molecule has 0 aliphatic heterocycles. The Morgan fingerprint density at radius 1 is 1.09 bits per heavy atom. The van der Waals surface area contributed by atoms with Crippen molar-refractivity contribution >= 4 is 39.4 Å². The van der Waals surface area contributed by atoms with Gasteiger partial charge >= 0.3 is 0 Å². The third-order valence-electron chi connectivity index (χ3n) is 5.38. The monoisotopic (exact) mass is 456 g/mol. The van der Waals surface area contributed by atoms with E-state index in [0.29, 0.717) is 38.9 Å². The fourth-order valence-corrected chi connectivity index (χ4v) is 3.69. The number of nitrogens with zero attached hydrogens (tertiary/aromatic N) is 7. The van der Waals surface area contributed by atoms with Crippen LogP contribution in [0, 0.1) is 0 Å². The molecule has 0 aliphatic carbocycles. The van der Waals surface area contributed by atoms with E-state index in [2.05, 4.69) is 30.5 Å². The lowest BCUT2D eigenvalue weighted by molar-refractivity contribution is -0.117. The number of aliphatic hydroxyl groups excluding tert-OH is 1. The summed E-state index contributed by atoms with van der Waals surface area (Å²) in [6.45, 7) is 1.63. The zero-order valence-electron chi connectivity index (χ0n) is 18.2. The number of aromatic nitrogens is 7. The van der Waals surface area contributed by atoms with E-state index in [-0.39, 0.29) is 30.9 Å². The van der Waals surface area contributed by atoms with E-state index in [9.17, 15) is 14.7 Å². The number of carbonyl (C=O) groups excluding carboxylic acids is 2. The van der Waals surface area contributed by atoms with Crippen molar-refractivity contribution in [3.05, 3.63) is 72.6 Å². The summed E-state index contributed by atoms with van der Waals surface area (Å²) >= 11 is 0. The van der Waals surface area contributed by atoms with Crippen LogP contribution in [0.2, 0.25) is 0 Å². The number of ketones is 1. The number of anilines is 1. The lowest BCUT2D eigenvalue weighted by Gasteiger charge is -2.10. The van der Waals surface area contributed by atoms with Crippen molar-refractivity contribution in [1.82, 2.24) is 34.5 Å². The number of hydrogen-bond acceptors (Lipinski definition) is 8. The zero-order valence-corrected chi connectivity index (χ0v) is 18.2. The molecule has 5 rings (SSSR count). The Labute approximate surface area is 193 Å². The maximum atomic E-state index is 13.3. The van der Waals surface area contributed by atoms with Crippen LogP contribution in [0.3, 0.4) is 0 Å². The van der Waals surface area contributed by atoms with Crippen LogP contribution < -0.4 is 5.32 Å². The summed E-state index contributed by atoms with van der Waals surface area (Å²) in [6.07, 6.45) is 7.51. The maximum Gasteiger partial charge on any atom is 0.248 e. The number of hydrogen-bond donors (Lipinski definition) is 2. The van der Waals surface area contributed by atoms with Crippen LogP contribution in [-0.4, -0.2) is 57.9 Å². The number of rotatable bonds is 7. The average Bonchev–Trinajstić information content (AvgIpc) is 3.44. The normalized spacial score (nSPS) is 12.2. The van der Waals surface area contributed by atoms with Crippen LogP contribution in [0.25, 0.3) is 22.1 Å². The van der Waals surface area contributed by atoms with Gasteiger partial charge in [-0.1, -0.05) is 12.1 Å². The molecule has 0 bridgehead atoms. The quantitative estimate of drug-likeness (QED) is 0.354. The molecule has 0 saturated carbocycles. The van der Waals surface area contributed by atoms with Crippen LogP contribution in [0.4, 0.5) is 5.69 Å². The molecule has 0 fully saturated rings. The van der Waals surface area contributed by atoms with Crippen LogP contribution in [0.1, 0.15) is 28.9 Å². The van der Waals surface area contributed by atoms with Gasteiger partial charge in [0.15, 0.2) is 5.78 Å². The van der Waals surface area contributed by atoms with Gasteiger partial charge in [0.2, 0.25) is 5.91 Å². The molecule has 0 spiro atoms. The molecule has 11 heteroatoms. The molecule has 4 aromatic heterocycles. The van der Waals surface area contributed by atoms with E-state index in [1.54, 1.807) is 23.0 Å². The van der Waals surface area contributed by atoms with Crippen molar-refractivity contribution in [3.8, 4) is 0 Å². The predicted molar refractivity (Wildman–Crippen MR) is 123 cm³/mol. The van der Waals surface area contributed by atoms with E-state index in [4.69, 9.17) is 0 Å². The summed E-state index contributed by atoms with van der Waals surface area (Å²) in [7, 11) is 0. The Morgan fingerprint density at radius 3 is 2.59 bits per heavy atom. The molecule has 0 unspecified atom stereocenters. The first kappa shape index (κ1) is 21.3. The second kappa shape index (κ2) is 8.79. The van der Waals surface area contributed by atoms with Gasteiger partial charge < -0.3 is 15.0 Å². The summed E-state index contributed by atoms with van der Waals surface area (Å²) in [4.78, 5) is 39.6. The largest absolute Gasteiger partial charge is 0.394 e. The number of nitrogens with one attached hydrogen (secondary N) is 1. The van der Waals surface area contributed by atoms with Crippen LogP contribution >= 0.6 is 0 Å². The number of carbonyl (C=O) groups is 2. The SMILES string of the molecule is C[C@@H](CO)n1cc(C(=O)c2cncc(NC(=O)Cn3nc4ccccc4n3)c2)c2cncnc21. The summed E-state index contributed by atoms with van der Waals surface area (Å²) in [6, 6.07) is 8.63. The minimum Gasteiger partial charge on any atom is -0.394 e. The average molecular weight is 456 g/mol. The van der Waals surface area contributed by atoms with Gasteiger partial charge in [-0.2, -0.15) is 15.0 Å². The highest BCUT2D eigenvalue weighted by molar-refractivity contribution is 6.16. The second-order valence-corrected chi connectivity index (χ2v) is 7.80. The van der Waals surface area contributed by atoms with Crippen molar-refractivity contribution in [2.75, 3.05) is 11.9 Å². The molecular weight excluding hydrogens is 436 g/mol. The van der Waals surface area contributed by atoms with Gasteiger partial charge in [0, 0.05) is 29.5 Å². The molecule has 5 aromatic rings. The molecule has 1 aromatic carbocycles. The molecule has 4 heterocycles. The molecule has 0 radical (unpaired) electrons. The minimum absolute atomic E-state index is 0.0866. The second-order valence-electron chi connectivity index (χ2n) is 7.80. The third-order valence-corrected chi connectivity index (χ3v) is 5.38. The van der Waals surface area contributed by atoms with Crippen LogP contribution in [0.5, 0.6) is 0 Å². The Morgan fingerprint density at radius 2 is 1.85 bits per heavy atom. The fourth-order valence-electron chi connectivity index (χ4n) is 3.69. The van der Waals surface area contributed by atoms with E-state index < -0.39 is 0 Å². The Hall–Kier alpha value is -4.51. The van der Waals surface area contributed by atoms with E-state index in [1.807, 2.05) is 31.2 Å². The van der Waals surface area contributed by atoms with Gasteiger partial charge in [0.05, 0.1) is 30.1 Å². The third kappa shape index (κ3) is 3.99. The molecule has 1 amide bonds. The van der Waals surface area contributed by atoms with Gasteiger partial charge in [-0.25, -0.2) is 9.97 Å².